The number of nitrogens with zero attached hydrogens (tertiary/aromatic N) is 1. The molecule has 70 valence electrons. The highest BCUT2D eigenvalue weighted by molar-refractivity contribution is 9.11. The summed E-state index contributed by atoms with van der Waals surface area (Å²) in [5, 5.41) is 3.10. The van der Waals surface area contributed by atoms with Gasteiger partial charge in [0.25, 0.3) is 0 Å². The predicted octanol–water partition coefficient (Wildman–Crippen LogP) is 1.95. The first-order valence-electron chi connectivity index (χ1n) is 4.05. The van der Waals surface area contributed by atoms with Crippen molar-refractivity contribution in [2.24, 2.45) is 0 Å². The maximum Gasteiger partial charge on any atom is 0.0330 e. The van der Waals surface area contributed by atoms with E-state index in [2.05, 4.69) is 39.4 Å². The van der Waals surface area contributed by atoms with E-state index in [1.54, 1.807) is 0 Å². The van der Waals surface area contributed by atoms with E-state index < -0.39 is 0 Å². The number of rotatable bonds is 5. The maximum atomic E-state index is 3.44. The van der Waals surface area contributed by atoms with Gasteiger partial charge in [-0.25, -0.2) is 0 Å². The zero-order valence-electron chi connectivity index (χ0n) is 7.97. The topological polar surface area (TPSA) is 15.3 Å². The molecule has 0 aromatic carbocycles. The van der Waals surface area contributed by atoms with Crippen molar-refractivity contribution in [1.29, 1.82) is 0 Å². The van der Waals surface area contributed by atoms with Crippen molar-refractivity contribution in [2.75, 3.05) is 27.2 Å². The molecule has 0 spiro atoms. The Bertz CT molecular complexity index is 164. The van der Waals surface area contributed by atoms with E-state index in [1.807, 2.05) is 26.1 Å². The summed E-state index contributed by atoms with van der Waals surface area (Å²) < 4.78 is 1.10. The molecule has 0 saturated carbocycles. The highest BCUT2D eigenvalue weighted by Gasteiger charge is 1.90. The second-order valence-electron chi connectivity index (χ2n) is 2.60. The highest BCUT2D eigenvalue weighted by Crippen LogP contribution is 2.06. The van der Waals surface area contributed by atoms with Crippen LogP contribution < -0.4 is 5.32 Å². The fourth-order valence-electron chi connectivity index (χ4n) is 0.765. The van der Waals surface area contributed by atoms with Gasteiger partial charge in [0.05, 0.1) is 0 Å². The number of halogens is 1. The monoisotopic (exact) mass is 232 g/mol. The predicted molar refractivity (Wildman–Crippen MR) is 58.4 cm³/mol. The molecule has 0 atom stereocenters. The lowest BCUT2D eigenvalue weighted by Crippen LogP contribution is -2.23. The summed E-state index contributed by atoms with van der Waals surface area (Å²) in [6.45, 7) is 4.02. The molecule has 0 heterocycles. The third kappa shape index (κ3) is 6.43. The maximum absolute atomic E-state index is 3.44. The minimum atomic E-state index is 1.00. The molecule has 3 heteroatoms. The van der Waals surface area contributed by atoms with Crippen LogP contribution in [0.2, 0.25) is 0 Å². The smallest absolute Gasteiger partial charge is 0.0330 e. The Morgan fingerprint density at radius 1 is 1.58 bits per heavy atom. The van der Waals surface area contributed by atoms with Crippen molar-refractivity contribution in [3.8, 4) is 0 Å². The molecular weight excluding hydrogens is 216 g/mol. The van der Waals surface area contributed by atoms with E-state index in [-0.39, 0.29) is 0 Å². The summed E-state index contributed by atoms with van der Waals surface area (Å²) in [7, 11) is 4.01. The van der Waals surface area contributed by atoms with Crippen LogP contribution in [0.15, 0.2) is 22.8 Å². The van der Waals surface area contributed by atoms with E-state index in [0.29, 0.717) is 0 Å². The summed E-state index contributed by atoms with van der Waals surface area (Å²) in [6.07, 6.45) is 6.10. The van der Waals surface area contributed by atoms with Crippen LogP contribution in [0.1, 0.15) is 6.92 Å². The Kier molecular flexibility index (Phi) is 7.20. The number of nitrogens with one attached hydrogen (secondary N) is 1. The Balaban J connectivity index is 3.78. The van der Waals surface area contributed by atoms with Gasteiger partial charge in [0, 0.05) is 30.8 Å². The molecule has 0 unspecified atom stereocenters. The van der Waals surface area contributed by atoms with Crippen molar-refractivity contribution < 1.29 is 0 Å². The summed E-state index contributed by atoms with van der Waals surface area (Å²) in [5.41, 5.74) is 0. The van der Waals surface area contributed by atoms with Crippen molar-refractivity contribution in [3.05, 3.63) is 22.8 Å². The highest BCUT2D eigenvalue weighted by atomic mass is 79.9. The van der Waals surface area contributed by atoms with Gasteiger partial charge in [0.1, 0.15) is 0 Å². The second-order valence-corrected chi connectivity index (χ2v) is 3.51. The number of allylic oxidation sites excluding steroid dienone is 3. The van der Waals surface area contributed by atoms with Crippen LogP contribution in [0.5, 0.6) is 0 Å². The van der Waals surface area contributed by atoms with Crippen LogP contribution >= 0.6 is 15.9 Å². The first kappa shape index (κ1) is 11.7. The third-order valence-electron chi connectivity index (χ3n) is 1.38. The molecular formula is C9H17BrN2. The van der Waals surface area contributed by atoms with Crippen molar-refractivity contribution in [3.63, 3.8) is 0 Å². The fourth-order valence-corrected chi connectivity index (χ4v) is 1.38. The summed E-state index contributed by atoms with van der Waals surface area (Å²) in [4.78, 5) is 2.14. The molecule has 0 aromatic heterocycles. The Morgan fingerprint density at radius 2 is 2.25 bits per heavy atom. The van der Waals surface area contributed by atoms with Crippen LogP contribution in [0, 0.1) is 0 Å². The van der Waals surface area contributed by atoms with Gasteiger partial charge < -0.3 is 10.2 Å². The van der Waals surface area contributed by atoms with Gasteiger partial charge in [-0.2, -0.15) is 0 Å². The largest absolute Gasteiger partial charge is 0.378 e. The molecule has 1 N–H and O–H groups in total. The molecule has 0 saturated heterocycles. The lowest BCUT2D eigenvalue weighted by Gasteiger charge is -2.13. The van der Waals surface area contributed by atoms with Crippen molar-refractivity contribution >= 4 is 15.9 Å². The average Bonchev–Trinajstić information content (AvgIpc) is 2.01. The van der Waals surface area contributed by atoms with Gasteiger partial charge in [0.15, 0.2) is 0 Å². The van der Waals surface area contributed by atoms with Crippen LogP contribution in [-0.2, 0) is 0 Å². The molecule has 0 rings (SSSR count). The summed E-state index contributed by atoms with van der Waals surface area (Å²) in [6, 6.07) is 0. The standard InChI is InChI=1S/C9H17BrN2/c1-4-5-9(10)8-12(3)7-6-11-2/h4-5,8,11H,6-7H2,1-3H3/b5-4-,9-8+. The molecule has 0 fully saturated rings. The van der Waals surface area contributed by atoms with E-state index >= 15 is 0 Å². The van der Waals surface area contributed by atoms with Crippen molar-refractivity contribution in [2.45, 2.75) is 6.92 Å². The van der Waals surface area contributed by atoms with Gasteiger partial charge in [0.2, 0.25) is 0 Å². The Morgan fingerprint density at radius 3 is 2.75 bits per heavy atom. The molecule has 0 aliphatic heterocycles. The fraction of sp³-hybridized carbons (Fsp3) is 0.556. The lowest BCUT2D eigenvalue weighted by atomic mass is 10.5. The van der Waals surface area contributed by atoms with Crippen LogP contribution in [0.4, 0.5) is 0 Å². The summed E-state index contributed by atoms with van der Waals surface area (Å²) in [5.74, 6) is 0. The molecule has 0 aliphatic rings. The van der Waals surface area contributed by atoms with Gasteiger partial charge in [-0.3, -0.25) is 0 Å². The van der Waals surface area contributed by atoms with Crippen LogP contribution in [0.3, 0.4) is 0 Å². The van der Waals surface area contributed by atoms with E-state index in [0.717, 1.165) is 17.6 Å². The average molecular weight is 233 g/mol. The van der Waals surface area contributed by atoms with E-state index in [4.69, 9.17) is 0 Å². The number of hydrogen-bond donors (Lipinski definition) is 1. The summed E-state index contributed by atoms with van der Waals surface area (Å²) >= 11 is 3.44. The minimum absolute atomic E-state index is 1.00. The van der Waals surface area contributed by atoms with Gasteiger partial charge in [-0.15, -0.1) is 0 Å². The Labute approximate surface area is 83.5 Å². The van der Waals surface area contributed by atoms with Crippen LogP contribution in [-0.4, -0.2) is 32.1 Å². The first-order valence-corrected chi connectivity index (χ1v) is 4.85. The zero-order chi connectivity index (χ0) is 9.40. The zero-order valence-corrected chi connectivity index (χ0v) is 9.56. The molecule has 2 nitrogen and oxygen atoms in total. The SMILES string of the molecule is C/C=C\C(Br)=C/N(C)CCNC. The quantitative estimate of drug-likeness (QED) is 0.730. The van der Waals surface area contributed by atoms with Gasteiger partial charge in [-0.1, -0.05) is 12.2 Å². The number of likely N-dealkylation sites (N-methyl/N-ethyl adjacent to an activating group) is 2. The molecule has 12 heavy (non-hydrogen) atoms. The normalized spacial score (nSPS) is 12.5. The van der Waals surface area contributed by atoms with Gasteiger partial charge in [-0.05, 0) is 29.9 Å². The second kappa shape index (κ2) is 7.37. The van der Waals surface area contributed by atoms with E-state index in [1.165, 1.54) is 0 Å². The van der Waals surface area contributed by atoms with Crippen LogP contribution in [0.25, 0.3) is 0 Å². The number of hydrogen-bond acceptors (Lipinski definition) is 2. The first-order chi connectivity index (χ1) is 5.70. The van der Waals surface area contributed by atoms with Crippen molar-refractivity contribution in [1.82, 2.24) is 10.2 Å². The van der Waals surface area contributed by atoms with E-state index in [9.17, 15) is 0 Å². The molecule has 0 radical (unpaired) electrons. The molecule has 0 aromatic rings. The molecule has 0 amide bonds. The third-order valence-corrected chi connectivity index (χ3v) is 1.85. The Hall–Kier alpha value is -0.280. The molecule has 0 aliphatic carbocycles. The minimum Gasteiger partial charge on any atom is -0.378 e. The van der Waals surface area contributed by atoms with Gasteiger partial charge >= 0.3 is 0 Å². The lowest BCUT2D eigenvalue weighted by molar-refractivity contribution is 0.451. The molecule has 0 bridgehead atoms.